The van der Waals surface area contributed by atoms with E-state index in [1.165, 1.54) is 36.4 Å². The molecule has 2 N–H and O–H groups in total. The standard InChI is InChI=1S/C17H21ClN2O4S2/c1-13(2)20-26(23,24)17-7-3-14(4-8-17)11-12-19-25(21,22)16-9-5-15(18)6-10-16/h3-10,13,19-20H,11-12H2,1-2H3. The monoisotopic (exact) mass is 416 g/mol. The van der Waals surface area contributed by atoms with Crippen molar-refractivity contribution in [1.82, 2.24) is 9.44 Å². The Morgan fingerprint density at radius 3 is 1.88 bits per heavy atom. The first-order valence-electron chi connectivity index (χ1n) is 7.97. The fourth-order valence-corrected chi connectivity index (χ4v) is 4.65. The first kappa shape index (κ1) is 20.9. The minimum Gasteiger partial charge on any atom is -0.211 e. The quantitative estimate of drug-likeness (QED) is 0.691. The van der Waals surface area contributed by atoms with Crippen LogP contribution in [0.1, 0.15) is 19.4 Å². The van der Waals surface area contributed by atoms with Crippen molar-refractivity contribution < 1.29 is 16.8 Å². The molecule has 0 amide bonds. The first-order chi connectivity index (χ1) is 12.1. The highest BCUT2D eigenvalue weighted by Gasteiger charge is 2.15. The summed E-state index contributed by atoms with van der Waals surface area (Å²) >= 11 is 5.76. The van der Waals surface area contributed by atoms with Crippen LogP contribution < -0.4 is 9.44 Å². The van der Waals surface area contributed by atoms with Crippen molar-refractivity contribution in [2.24, 2.45) is 0 Å². The second-order valence-electron chi connectivity index (χ2n) is 6.02. The fourth-order valence-electron chi connectivity index (χ4n) is 2.24. The summed E-state index contributed by atoms with van der Waals surface area (Å²) in [5.41, 5.74) is 0.826. The third-order valence-electron chi connectivity index (χ3n) is 3.45. The van der Waals surface area contributed by atoms with E-state index in [9.17, 15) is 16.8 Å². The number of nitrogens with one attached hydrogen (secondary N) is 2. The van der Waals surface area contributed by atoms with Gasteiger partial charge < -0.3 is 0 Å². The van der Waals surface area contributed by atoms with Crippen molar-refractivity contribution in [3.8, 4) is 0 Å². The lowest BCUT2D eigenvalue weighted by Gasteiger charge is -2.10. The average molecular weight is 417 g/mol. The van der Waals surface area contributed by atoms with Gasteiger partial charge in [-0.1, -0.05) is 23.7 Å². The highest BCUT2D eigenvalue weighted by atomic mass is 35.5. The Labute approximate surface area is 159 Å². The van der Waals surface area contributed by atoms with E-state index in [2.05, 4.69) is 9.44 Å². The molecular weight excluding hydrogens is 396 g/mol. The minimum absolute atomic E-state index is 0.142. The summed E-state index contributed by atoms with van der Waals surface area (Å²) < 4.78 is 53.5. The Balaban J connectivity index is 1.97. The van der Waals surface area contributed by atoms with Gasteiger partial charge in [0.05, 0.1) is 9.79 Å². The zero-order valence-corrected chi connectivity index (χ0v) is 16.8. The predicted molar refractivity (Wildman–Crippen MR) is 102 cm³/mol. The summed E-state index contributed by atoms with van der Waals surface area (Å²) in [6.45, 7) is 3.69. The van der Waals surface area contributed by atoms with Crippen molar-refractivity contribution in [3.63, 3.8) is 0 Å². The number of hydrogen-bond acceptors (Lipinski definition) is 4. The zero-order chi connectivity index (χ0) is 19.4. The molecule has 2 aromatic rings. The molecule has 0 atom stereocenters. The van der Waals surface area contributed by atoms with E-state index in [1.54, 1.807) is 26.0 Å². The molecule has 0 unspecified atom stereocenters. The van der Waals surface area contributed by atoms with Crippen LogP contribution in [0.25, 0.3) is 0 Å². The molecule has 2 rings (SSSR count). The number of hydrogen-bond donors (Lipinski definition) is 2. The smallest absolute Gasteiger partial charge is 0.211 e. The van der Waals surface area contributed by atoms with Gasteiger partial charge in [-0.15, -0.1) is 0 Å². The van der Waals surface area contributed by atoms with Crippen molar-refractivity contribution in [1.29, 1.82) is 0 Å². The molecule has 0 heterocycles. The van der Waals surface area contributed by atoms with Crippen LogP contribution in [0.3, 0.4) is 0 Å². The topological polar surface area (TPSA) is 92.3 Å². The van der Waals surface area contributed by atoms with Crippen LogP contribution in [0.2, 0.25) is 5.02 Å². The van der Waals surface area contributed by atoms with Crippen molar-refractivity contribution in [2.75, 3.05) is 6.54 Å². The molecule has 0 aliphatic rings. The van der Waals surface area contributed by atoms with Gasteiger partial charge in [-0.3, -0.25) is 0 Å². The third kappa shape index (κ3) is 5.78. The lowest BCUT2D eigenvalue weighted by atomic mass is 10.2. The Morgan fingerprint density at radius 1 is 0.846 bits per heavy atom. The molecule has 0 radical (unpaired) electrons. The Bertz CT molecular complexity index is 939. The molecule has 0 aliphatic heterocycles. The molecule has 142 valence electrons. The number of benzene rings is 2. The summed E-state index contributed by atoms with van der Waals surface area (Å²) in [5, 5.41) is 0.464. The lowest BCUT2D eigenvalue weighted by Crippen LogP contribution is -2.30. The lowest BCUT2D eigenvalue weighted by molar-refractivity contribution is 0.569. The molecule has 0 aliphatic carbocycles. The van der Waals surface area contributed by atoms with E-state index < -0.39 is 20.0 Å². The van der Waals surface area contributed by atoms with E-state index in [4.69, 9.17) is 11.6 Å². The molecule has 26 heavy (non-hydrogen) atoms. The molecule has 0 aromatic heterocycles. The summed E-state index contributed by atoms with van der Waals surface area (Å²) in [7, 11) is -7.14. The molecule has 0 spiro atoms. The summed E-state index contributed by atoms with van der Waals surface area (Å²) in [6, 6.07) is 12.1. The SMILES string of the molecule is CC(C)NS(=O)(=O)c1ccc(CCNS(=O)(=O)c2ccc(Cl)cc2)cc1. The van der Waals surface area contributed by atoms with Crippen LogP contribution in [-0.2, 0) is 26.5 Å². The van der Waals surface area contributed by atoms with Crippen LogP contribution in [0.4, 0.5) is 0 Å². The summed E-state index contributed by atoms with van der Waals surface area (Å²) in [5.74, 6) is 0. The zero-order valence-electron chi connectivity index (χ0n) is 14.4. The number of rotatable bonds is 8. The van der Waals surface area contributed by atoms with Crippen molar-refractivity contribution >= 4 is 31.6 Å². The number of sulfonamides is 2. The first-order valence-corrected chi connectivity index (χ1v) is 11.3. The normalized spacial score (nSPS) is 12.5. The number of halogens is 1. The maximum absolute atomic E-state index is 12.2. The molecule has 0 bridgehead atoms. The van der Waals surface area contributed by atoms with Crippen LogP contribution in [0.5, 0.6) is 0 Å². The Kier molecular flexibility index (Phi) is 6.81. The molecule has 0 saturated carbocycles. The predicted octanol–water partition coefficient (Wildman–Crippen LogP) is 2.55. The molecular formula is C17H21ClN2O4S2. The average Bonchev–Trinajstić information content (AvgIpc) is 2.54. The van der Waals surface area contributed by atoms with E-state index in [1.807, 2.05) is 0 Å². The second-order valence-corrected chi connectivity index (χ2v) is 9.94. The van der Waals surface area contributed by atoms with E-state index in [-0.39, 0.29) is 22.4 Å². The van der Waals surface area contributed by atoms with Gasteiger partial charge >= 0.3 is 0 Å². The Morgan fingerprint density at radius 2 is 1.35 bits per heavy atom. The van der Waals surface area contributed by atoms with Crippen LogP contribution in [0, 0.1) is 0 Å². The molecule has 6 nitrogen and oxygen atoms in total. The van der Waals surface area contributed by atoms with Gasteiger partial charge in [-0.25, -0.2) is 26.3 Å². The van der Waals surface area contributed by atoms with Crippen LogP contribution >= 0.6 is 11.6 Å². The van der Waals surface area contributed by atoms with Crippen LogP contribution in [-0.4, -0.2) is 29.4 Å². The van der Waals surface area contributed by atoms with E-state index in [0.29, 0.717) is 11.4 Å². The van der Waals surface area contributed by atoms with Gasteiger partial charge in [0.2, 0.25) is 20.0 Å². The maximum atomic E-state index is 12.2. The van der Waals surface area contributed by atoms with Gasteiger partial charge in [-0.05, 0) is 62.2 Å². The van der Waals surface area contributed by atoms with Crippen molar-refractivity contribution in [3.05, 3.63) is 59.1 Å². The molecule has 9 heteroatoms. The van der Waals surface area contributed by atoms with Gasteiger partial charge in [0.25, 0.3) is 0 Å². The minimum atomic E-state index is -3.61. The molecule has 0 fully saturated rings. The van der Waals surface area contributed by atoms with Gasteiger partial charge in [0.15, 0.2) is 0 Å². The largest absolute Gasteiger partial charge is 0.240 e. The molecule has 2 aromatic carbocycles. The fraction of sp³-hybridized carbons (Fsp3) is 0.294. The summed E-state index contributed by atoms with van der Waals surface area (Å²) in [4.78, 5) is 0.319. The highest BCUT2D eigenvalue weighted by molar-refractivity contribution is 7.89. The van der Waals surface area contributed by atoms with E-state index >= 15 is 0 Å². The van der Waals surface area contributed by atoms with Crippen LogP contribution in [0.15, 0.2) is 58.3 Å². The Hall–Kier alpha value is -1.45. The van der Waals surface area contributed by atoms with Gasteiger partial charge in [0.1, 0.15) is 0 Å². The molecule has 0 saturated heterocycles. The summed E-state index contributed by atoms with van der Waals surface area (Å²) in [6.07, 6.45) is 0.435. The van der Waals surface area contributed by atoms with Gasteiger partial charge in [-0.2, -0.15) is 0 Å². The second kappa shape index (κ2) is 8.49. The maximum Gasteiger partial charge on any atom is 0.240 e. The van der Waals surface area contributed by atoms with Gasteiger partial charge in [0, 0.05) is 17.6 Å². The van der Waals surface area contributed by atoms with E-state index in [0.717, 1.165) is 5.56 Å². The van der Waals surface area contributed by atoms with Crippen molar-refractivity contribution in [2.45, 2.75) is 36.1 Å². The highest BCUT2D eigenvalue weighted by Crippen LogP contribution is 2.14. The third-order valence-corrected chi connectivity index (χ3v) is 6.86.